The highest BCUT2D eigenvalue weighted by Crippen LogP contribution is 2.21. The van der Waals surface area contributed by atoms with E-state index in [0.29, 0.717) is 5.95 Å². The number of aromatic amines is 1. The highest BCUT2D eigenvalue weighted by Gasteiger charge is 2.01. The molecule has 2 rings (SSSR count). The summed E-state index contributed by atoms with van der Waals surface area (Å²) in [6.45, 7) is 0. The maximum Gasteiger partial charge on any atom is 0.245 e. The standard InChI is InChI=1S/C10H9BrN4O/c1-16-9-3-2-8(11)4-7(9)5-12-10-13-6-14-15-10/h2-6H,1H3,(H,13,14,15)/b12-5+. The Morgan fingerprint density at radius 3 is 3.06 bits per heavy atom. The maximum atomic E-state index is 5.21. The normalized spacial score (nSPS) is 10.9. The molecule has 0 amide bonds. The molecule has 0 atom stereocenters. The van der Waals surface area contributed by atoms with Gasteiger partial charge in [-0.3, -0.25) is 0 Å². The van der Waals surface area contributed by atoms with Crippen LogP contribution in [-0.4, -0.2) is 28.5 Å². The Morgan fingerprint density at radius 2 is 2.38 bits per heavy atom. The van der Waals surface area contributed by atoms with Gasteiger partial charge >= 0.3 is 0 Å². The quantitative estimate of drug-likeness (QED) is 0.878. The Morgan fingerprint density at radius 1 is 1.50 bits per heavy atom. The number of methoxy groups -OCH3 is 1. The Balaban J connectivity index is 2.29. The molecule has 0 saturated heterocycles. The highest BCUT2D eigenvalue weighted by atomic mass is 79.9. The minimum Gasteiger partial charge on any atom is -0.496 e. The van der Waals surface area contributed by atoms with E-state index in [1.54, 1.807) is 13.3 Å². The van der Waals surface area contributed by atoms with E-state index in [0.717, 1.165) is 15.8 Å². The maximum absolute atomic E-state index is 5.21. The first-order chi connectivity index (χ1) is 7.79. The van der Waals surface area contributed by atoms with Crippen LogP contribution in [0, 0.1) is 0 Å². The number of ether oxygens (including phenoxy) is 1. The van der Waals surface area contributed by atoms with Crippen molar-refractivity contribution in [2.24, 2.45) is 4.99 Å². The van der Waals surface area contributed by atoms with E-state index in [1.807, 2.05) is 18.2 Å². The first-order valence-corrected chi connectivity index (χ1v) is 5.32. The topological polar surface area (TPSA) is 63.2 Å². The van der Waals surface area contributed by atoms with Gasteiger partial charge in [-0.05, 0) is 18.2 Å². The second kappa shape index (κ2) is 4.89. The third-order valence-electron chi connectivity index (χ3n) is 1.92. The summed E-state index contributed by atoms with van der Waals surface area (Å²) in [5, 5.41) is 6.35. The molecule has 1 N–H and O–H groups in total. The van der Waals surface area contributed by atoms with E-state index in [-0.39, 0.29) is 0 Å². The van der Waals surface area contributed by atoms with Gasteiger partial charge in [0.25, 0.3) is 0 Å². The summed E-state index contributed by atoms with van der Waals surface area (Å²) in [6.07, 6.45) is 3.08. The Hall–Kier alpha value is -1.69. The van der Waals surface area contributed by atoms with Crippen LogP contribution in [0.15, 0.2) is 34.0 Å². The van der Waals surface area contributed by atoms with Crippen LogP contribution in [0.4, 0.5) is 5.95 Å². The molecule has 2 aromatic rings. The lowest BCUT2D eigenvalue weighted by Crippen LogP contribution is -1.90. The van der Waals surface area contributed by atoms with Gasteiger partial charge in [-0.1, -0.05) is 15.9 Å². The third-order valence-corrected chi connectivity index (χ3v) is 2.41. The average molecular weight is 281 g/mol. The highest BCUT2D eigenvalue weighted by molar-refractivity contribution is 9.10. The van der Waals surface area contributed by atoms with E-state index in [4.69, 9.17) is 4.74 Å². The van der Waals surface area contributed by atoms with Crippen LogP contribution in [0.2, 0.25) is 0 Å². The lowest BCUT2D eigenvalue weighted by Gasteiger charge is -2.03. The van der Waals surface area contributed by atoms with Crippen LogP contribution >= 0.6 is 15.9 Å². The molecule has 0 aliphatic carbocycles. The van der Waals surface area contributed by atoms with Gasteiger partial charge in [-0.25, -0.2) is 10.1 Å². The number of aliphatic imine (C=N–C) groups is 1. The zero-order valence-electron chi connectivity index (χ0n) is 8.51. The predicted octanol–water partition coefficient (Wildman–Crippen LogP) is 2.33. The summed E-state index contributed by atoms with van der Waals surface area (Å²) < 4.78 is 6.18. The molecule has 1 aromatic heterocycles. The third kappa shape index (κ3) is 2.46. The van der Waals surface area contributed by atoms with Crippen molar-refractivity contribution in [2.45, 2.75) is 0 Å². The molecule has 1 heterocycles. The number of aromatic nitrogens is 3. The first-order valence-electron chi connectivity index (χ1n) is 4.52. The lowest BCUT2D eigenvalue weighted by atomic mass is 10.2. The summed E-state index contributed by atoms with van der Waals surface area (Å²) in [4.78, 5) is 8.02. The molecule has 0 fully saturated rings. The van der Waals surface area contributed by atoms with Crippen LogP contribution in [-0.2, 0) is 0 Å². The smallest absolute Gasteiger partial charge is 0.245 e. The molecule has 0 aliphatic rings. The van der Waals surface area contributed by atoms with Crippen LogP contribution in [0.5, 0.6) is 5.75 Å². The van der Waals surface area contributed by atoms with Crippen molar-refractivity contribution in [3.63, 3.8) is 0 Å². The van der Waals surface area contributed by atoms with Crippen molar-refractivity contribution in [3.8, 4) is 5.75 Å². The van der Waals surface area contributed by atoms with Crippen molar-refractivity contribution >= 4 is 28.1 Å². The second-order valence-electron chi connectivity index (χ2n) is 2.95. The molecule has 0 aliphatic heterocycles. The Bertz CT molecular complexity index is 496. The summed E-state index contributed by atoms with van der Waals surface area (Å²) >= 11 is 3.39. The van der Waals surface area contributed by atoms with Crippen LogP contribution in [0.1, 0.15) is 5.56 Å². The molecular formula is C10H9BrN4O. The van der Waals surface area contributed by atoms with Gasteiger partial charge in [0.05, 0.1) is 7.11 Å². The van der Waals surface area contributed by atoms with E-state index < -0.39 is 0 Å². The molecule has 0 bridgehead atoms. The number of hydrogen-bond donors (Lipinski definition) is 1. The van der Waals surface area contributed by atoms with Gasteiger partial charge in [-0.2, -0.15) is 10.1 Å². The van der Waals surface area contributed by atoms with Gasteiger partial charge in [-0.15, -0.1) is 0 Å². The van der Waals surface area contributed by atoms with Gasteiger partial charge < -0.3 is 4.74 Å². The SMILES string of the molecule is COc1ccc(Br)cc1/C=N/c1ncn[nH]1. The summed E-state index contributed by atoms with van der Waals surface area (Å²) in [7, 11) is 1.62. The predicted molar refractivity (Wildman–Crippen MR) is 64.3 cm³/mol. The van der Waals surface area contributed by atoms with Crippen LogP contribution < -0.4 is 4.74 Å². The van der Waals surface area contributed by atoms with E-state index in [1.165, 1.54) is 6.33 Å². The van der Waals surface area contributed by atoms with Gasteiger partial charge in [0.1, 0.15) is 12.1 Å². The number of nitrogens with one attached hydrogen (secondary N) is 1. The number of hydrogen-bond acceptors (Lipinski definition) is 4. The molecule has 1 aromatic carbocycles. The Kier molecular flexibility index (Phi) is 3.31. The number of benzene rings is 1. The molecule has 0 unspecified atom stereocenters. The Labute approximate surface area is 101 Å². The van der Waals surface area contributed by atoms with Gasteiger partial charge in [0, 0.05) is 16.3 Å². The van der Waals surface area contributed by atoms with Gasteiger partial charge in [0.15, 0.2) is 0 Å². The van der Waals surface area contributed by atoms with Crippen molar-refractivity contribution in [1.82, 2.24) is 15.2 Å². The summed E-state index contributed by atoms with van der Waals surface area (Å²) in [5.74, 6) is 1.22. The fourth-order valence-electron chi connectivity index (χ4n) is 1.20. The first kappa shape index (κ1) is 10.8. The van der Waals surface area contributed by atoms with Crippen LogP contribution in [0.25, 0.3) is 0 Å². The van der Waals surface area contributed by atoms with E-state index in [2.05, 4.69) is 36.1 Å². The molecule has 6 heteroatoms. The zero-order valence-corrected chi connectivity index (χ0v) is 10.1. The monoisotopic (exact) mass is 280 g/mol. The van der Waals surface area contributed by atoms with Crippen molar-refractivity contribution in [2.75, 3.05) is 7.11 Å². The van der Waals surface area contributed by atoms with Crippen molar-refractivity contribution < 1.29 is 4.74 Å². The summed E-state index contributed by atoms with van der Waals surface area (Å²) in [6, 6.07) is 5.69. The largest absolute Gasteiger partial charge is 0.496 e. The summed E-state index contributed by atoms with van der Waals surface area (Å²) in [5.41, 5.74) is 0.869. The molecular weight excluding hydrogens is 272 g/mol. The number of nitrogens with zero attached hydrogens (tertiary/aromatic N) is 3. The number of halogens is 1. The number of H-pyrrole nitrogens is 1. The number of rotatable bonds is 3. The molecule has 0 saturated carbocycles. The zero-order chi connectivity index (χ0) is 11.4. The molecule has 0 radical (unpaired) electrons. The minimum absolute atomic E-state index is 0.460. The molecule has 5 nitrogen and oxygen atoms in total. The molecule has 16 heavy (non-hydrogen) atoms. The van der Waals surface area contributed by atoms with E-state index >= 15 is 0 Å². The fraction of sp³-hybridized carbons (Fsp3) is 0.100. The van der Waals surface area contributed by atoms with E-state index in [9.17, 15) is 0 Å². The lowest BCUT2D eigenvalue weighted by molar-refractivity contribution is 0.414. The molecule has 82 valence electrons. The average Bonchev–Trinajstić information content (AvgIpc) is 2.79. The van der Waals surface area contributed by atoms with Crippen molar-refractivity contribution in [1.29, 1.82) is 0 Å². The van der Waals surface area contributed by atoms with Crippen LogP contribution in [0.3, 0.4) is 0 Å². The molecule has 0 spiro atoms. The fourth-order valence-corrected chi connectivity index (χ4v) is 1.58. The van der Waals surface area contributed by atoms with Gasteiger partial charge in [0.2, 0.25) is 5.95 Å². The minimum atomic E-state index is 0.460. The van der Waals surface area contributed by atoms with Crippen molar-refractivity contribution in [3.05, 3.63) is 34.6 Å². The second-order valence-corrected chi connectivity index (χ2v) is 3.87.